The van der Waals surface area contributed by atoms with Crippen LogP contribution in [0.2, 0.25) is 0 Å². The van der Waals surface area contributed by atoms with Crippen LogP contribution in [0.25, 0.3) is 0 Å². The molecule has 9 heteroatoms. The van der Waals surface area contributed by atoms with Crippen molar-refractivity contribution >= 4 is 47.4 Å². The van der Waals surface area contributed by atoms with E-state index in [4.69, 9.17) is 0 Å². The summed E-state index contributed by atoms with van der Waals surface area (Å²) in [5, 5.41) is 5.71. The van der Waals surface area contributed by atoms with Crippen LogP contribution in [0.5, 0.6) is 0 Å². The number of benzene rings is 1. The van der Waals surface area contributed by atoms with Gasteiger partial charge in [0, 0.05) is 32.4 Å². The Labute approximate surface area is 177 Å². The van der Waals surface area contributed by atoms with Crippen molar-refractivity contribution in [1.82, 2.24) is 15.1 Å². The number of hydrogen-bond donors (Lipinski definition) is 2. The van der Waals surface area contributed by atoms with Crippen molar-refractivity contribution in [1.29, 1.82) is 0 Å². The predicted molar refractivity (Wildman–Crippen MR) is 117 cm³/mol. The van der Waals surface area contributed by atoms with E-state index in [-0.39, 0.29) is 54.7 Å². The minimum Gasteiger partial charge on any atom is -0.356 e. The highest BCUT2D eigenvalue weighted by Crippen LogP contribution is 2.07. The molecule has 1 aromatic carbocycles. The average molecular weight is 493 g/mol. The summed E-state index contributed by atoms with van der Waals surface area (Å²) in [6.07, 6.45) is 0. The molecule has 0 saturated carbocycles. The van der Waals surface area contributed by atoms with Crippen LogP contribution < -0.4 is 10.6 Å². The number of likely N-dealkylation sites (N-methyl/N-ethyl adjacent to an activating group) is 2. The Morgan fingerprint density at radius 2 is 1.70 bits per heavy atom. The molecule has 0 heterocycles. The molecular weight excluding hydrogens is 464 g/mol. The van der Waals surface area contributed by atoms with Crippen LogP contribution in [0.15, 0.2) is 29.3 Å². The van der Waals surface area contributed by atoms with Crippen LogP contribution in [0.1, 0.15) is 20.8 Å². The number of halogens is 2. The number of guanidine groups is 1. The van der Waals surface area contributed by atoms with E-state index in [0.717, 1.165) is 0 Å². The van der Waals surface area contributed by atoms with Crippen LogP contribution in [-0.4, -0.2) is 67.3 Å². The van der Waals surface area contributed by atoms with Crippen LogP contribution in [-0.2, 0) is 9.59 Å². The van der Waals surface area contributed by atoms with Gasteiger partial charge in [0.15, 0.2) is 5.96 Å². The monoisotopic (exact) mass is 493 g/mol. The zero-order valence-corrected chi connectivity index (χ0v) is 18.6. The first-order valence-electron chi connectivity index (χ1n) is 8.73. The second-order valence-electron chi connectivity index (χ2n) is 5.65. The van der Waals surface area contributed by atoms with Crippen molar-refractivity contribution in [2.24, 2.45) is 4.99 Å². The topological polar surface area (TPSA) is 77.0 Å². The second kappa shape index (κ2) is 13.3. The van der Waals surface area contributed by atoms with Crippen molar-refractivity contribution in [2.75, 3.05) is 45.1 Å². The van der Waals surface area contributed by atoms with Crippen molar-refractivity contribution in [2.45, 2.75) is 20.8 Å². The highest BCUT2D eigenvalue weighted by Gasteiger charge is 2.15. The molecule has 0 bridgehead atoms. The third kappa shape index (κ3) is 9.03. The van der Waals surface area contributed by atoms with Crippen LogP contribution in [0.3, 0.4) is 0 Å². The largest absolute Gasteiger partial charge is 0.356 e. The van der Waals surface area contributed by atoms with E-state index in [0.29, 0.717) is 31.3 Å². The van der Waals surface area contributed by atoms with Gasteiger partial charge in [-0.15, -0.1) is 24.0 Å². The van der Waals surface area contributed by atoms with Crippen molar-refractivity contribution in [3.63, 3.8) is 0 Å². The molecule has 152 valence electrons. The number of rotatable bonds is 8. The minimum absolute atomic E-state index is 0. The summed E-state index contributed by atoms with van der Waals surface area (Å²) < 4.78 is 12.9. The lowest BCUT2D eigenvalue weighted by atomic mass is 10.3. The summed E-state index contributed by atoms with van der Waals surface area (Å²) in [5.41, 5.74) is 0.502. The number of aliphatic imine (C=N–C) groups is 1. The van der Waals surface area contributed by atoms with Crippen LogP contribution >= 0.6 is 24.0 Å². The standard InChI is InChI=1S/C18H28FN5O2.HI/c1-5-20-18(23(4)13-17(26)24(6-2)7-3)21-12-16(25)22-15-10-8-14(19)9-11-15;/h8-11H,5-7,12-13H2,1-4H3,(H,20,21)(H,22,25);1H. The SMILES string of the molecule is CCNC(=NCC(=O)Nc1ccc(F)cc1)N(C)CC(=O)N(CC)CC.I. The number of amides is 2. The van der Waals surface area contributed by atoms with Crippen LogP contribution in [0.4, 0.5) is 10.1 Å². The lowest BCUT2D eigenvalue weighted by molar-refractivity contribution is -0.131. The molecule has 0 unspecified atom stereocenters. The highest BCUT2D eigenvalue weighted by molar-refractivity contribution is 14.0. The first-order chi connectivity index (χ1) is 12.4. The molecule has 0 aromatic heterocycles. The fraction of sp³-hybridized carbons (Fsp3) is 0.500. The van der Waals surface area contributed by atoms with Gasteiger partial charge in [0.1, 0.15) is 12.4 Å². The number of anilines is 1. The Morgan fingerprint density at radius 3 is 2.22 bits per heavy atom. The third-order valence-electron chi connectivity index (χ3n) is 3.69. The van der Waals surface area contributed by atoms with Gasteiger partial charge in [-0.25, -0.2) is 9.38 Å². The molecule has 0 aliphatic carbocycles. The lowest BCUT2D eigenvalue weighted by Gasteiger charge is -2.25. The quantitative estimate of drug-likeness (QED) is 0.331. The van der Waals surface area contributed by atoms with Gasteiger partial charge in [-0.05, 0) is 45.0 Å². The molecular formula is C18H29FIN5O2. The molecule has 0 radical (unpaired) electrons. The smallest absolute Gasteiger partial charge is 0.246 e. The van der Waals surface area contributed by atoms with E-state index >= 15 is 0 Å². The molecule has 0 spiro atoms. The first-order valence-corrected chi connectivity index (χ1v) is 8.73. The molecule has 0 fully saturated rings. The van der Waals surface area contributed by atoms with Gasteiger partial charge in [-0.3, -0.25) is 9.59 Å². The van der Waals surface area contributed by atoms with Crippen molar-refractivity contribution < 1.29 is 14.0 Å². The zero-order valence-electron chi connectivity index (χ0n) is 16.3. The summed E-state index contributed by atoms with van der Waals surface area (Å²) in [6.45, 7) is 7.75. The lowest BCUT2D eigenvalue weighted by Crippen LogP contribution is -2.46. The maximum absolute atomic E-state index is 12.9. The summed E-state index contributed by atoms with van der Waals surface area (Å²) in [4.78, 5) is 31.9. The Bertz CT molecular complexity index is 621. The summed E-state index contributed by atoms with van der Waals surface area (Å²) >= 11 is 0. The molecule has 2 N–H and O–H groups in total. The van der Waals surface area contributed by atoms with Gasteiger partial charge in [0.2, 0.25) is 11.8 Å². The number of hydrogen-bond acceptors (Lipinski definition) is 3. The molecule has 1 aromatic rings. The maximum atomic E-state index is 12.9. The Kier molecular flexibility index (Phi) is 12.3. The zero-order chi connectivity index (χ0) is 19.5. The highest BCUT2D eigenvalue weighted by atomic mass is 127. The average Bonchev–Trinajstić information content (AvgIpc) is 2.61. The van der Waals surface area contributed by atoms with E-state index in [1.165, 1.54) is 24.3 Å². The van der Waals surface area contributed by atoms with E-state index in [1.54, 1.807) is 16.8 Å². The van der Waals surface area contributed by atoms with E-state index in [2.05, 4.69) is 15.6 Å². The molecule has 2 amide bonds. The Balaban J connectivity index is 0.00000676. The van der Waals surface area contributed by atoms with Gasteiger partial charge in [0.05, 0.1) is 6.54 Å². The van der Waals surface area contributed by atoms with Gasteiger partial charge >= 0.3 is 0 Å². The molecule has 7 nitrogen and oxygen atoms in total. The number of nitrogens with zero attached hydrogens (tertiary/aromatic N) is 3. The molecule has 0 aliphatic heterocycles. The summed E-state index contributed by atoms with van der Waals surface area (Å²) in [5.74, 6) is -0.216. The molecule has 1 rings (SSSR count). The van der Waals surface area contributed by atoms with E-state index < -0.39 is 0 Å². The second-order valence-corrected chi connectivity index (χ2v) is 5.65. The minimum atomic E-state index is -0.366. The molecule has 0 atom stereocenters. The fourth-order valence-electron chi connectivity index (χ4n) is 2.30. The summed E-state index contributed by atoms with van der Waals surface area (Å²) in [7, 11) is 1.75. The Hall–Kier alpha value is -1.91. The van der Waals surface area contributed by atoms with Gasteiger partial charge in [0.25, 0.3) is 0 Å². The van der Waals surface area contributed by atoms with Crippen molar-refractivity contribution in [3.05, 3.63) is 30.1 Å². The van der Waals surface area contributed by atoms with Gasteiger partial charge < -0.3 is 20.4 Å². The number of carbonyl (C=O) groups is 2. The maximum Gasteiger partial charge on any atom is 0.246 e. The summed E-state index contributed by atoms with van der Waals surface area (Å²) in [6, 6.07) is 5.51. The number of nitrogens with one attached hydrogen (secondary N) is 2. The molecule has 0 aliphatic rings. The normalized spacial score (nSPS) is 10.6. The molecule has 27 heavy (non-hydrogen) atoms. The predicted octanol–water partition coefficient (Wildman–Crippen LogP) is 2.15. The van der Waals surface area contributed by atoms with Gasteiger partial charge in [-0.1, -0.05) is 0 Å². The number of carbonyl (C=O) groups excluding carboxylic acids is 2. The first kappa shape index (κ1) is 25.1. The van der Waals surface area contributed by atoms with E-state index in [9.17, 15) is 14.0 Å². The van der Waals surface area contributed by atoms with Gasteiger partial charge in [-0.2, -0.15) is 0 Å². The Morgan fingerprint density at radius 1 is 1.11 bits per heavy atom. The van der Waals surface area contributed by atoms with Crippen LogP contribution in [0, 0.1) is 5.82 Å². The third-order valence-corrected chi connectivity index (χ3v) is 3.69. The van der Waals surface area contributed by atoms with E-state index in [1.807, 2.05) is 20.8 Å². The van der Waals surface area contributed by atoms with Crippen molar-refractivity contribution in [3.8, 4) is 0 Å². The fourth-order valence-corrected chi connectivity index (χ4v) is 2.30. The molecule has 0 saturated heterocycles.